The quantitative estimate of drug-likeness (QED) is 0.902. The van der Waals surface area contributed by atoms with Gasteiger partial charge in [-0.2, -0.15) is 0 Å². The summed E-state index contributed by atoms with van der Waals surface area (Å²) in [4.78, 5) is 7.61. The number of hydrogen-bond donors (Lipinski definition) is 2. The number of hydrogen-bond acceptors (Lipinski definition) is 2. The van der Waals surface area contributed by atoms with Gasteiger partial charge in [0, 0.05) is 29.2 Å². The van der Waals surface area contributed by atoms with Gasteiger partial charge in [-0.05, 0) is 24.2 Å². The number of nitrogens with one attached hydrogen (secondary N) is 1. The molecule has 3 nitrogen and oxygen atoms in total. The minimum Gasteiger partial charge on any atom is -0.346 e. The highest BCUT2D eigenvalue weighted by Gasteiger charge is 2.01. The largest absolute Gasteiger partial charge is 0.346 e. The monoisotopic (exact) mass is 279 g/mol. The SMILES string of the molecule is NCCc1cnc(Cc2cccc(Br)c2)[nH]1. The zero-order valence-electron chi connectivity index (χ0n) is 8.91. The molecule has 0 unspecified atom stereocenters. The minimum atomic E-state index is 0.651. The Labute approximate surface area is 103 Å². The van der Waals surface area contributed by atoms with Gasteiger partial charge in [0.1, 0.15) is 5.82 Å². The van der Waals surface area contributed by atoms with E-state index < -0.39 is 0 Å². The van der Waals surface area contributed by atoms with Crippen LogP contribution in [0.2, 0.25) is 0 Å². The Hall–Kier alpha value is -1.13. The molecule has 1 aromatic heterocycles. The van der Waals surface area contributed by atoms with E-state index in [1.165, 1.54) is 5.56 Å². The Morgan fingerprint density at radius 2 is 2.25 bits per heavy atom. The van der Waals surface area contributed by atoms with E-state index in [2.05, 4.69) is 38.0 Å². The first-order chi connectivity index (χ1) is 7.78. The molecule has 16 heavy (non-hydrogen) atoms. The number of benzene rings is 1. The first-order valence-corrected chi connectivity index (χ1v) is 6.04. The van der Waals surface area contributed by atoms with Crippen LogP contribution in [0.15, 0.2) is 34.9 Å². The van der Waals surface area contributed by atoms with Crippen LogP contribution in [0, 0.1) is 0 Å². The van der Waals surface area contributed by atoms with Gasteiger partial charge in [0.2, 0.25) is 0 Å². The molecule has 0 aliphatic heterocycles. The van der Waals surface area contributed by atoms with Crippen molar-refractivity contribution in [1.29, 1.82) is 0 Å². The highest BCUT2D eigenvalue weighted by Crippen LogP contribution is 2.14. The molecule has 3 N–H and O–H groups in total. The summed E-state index contributed by atoms with van der Waals surface area (Å²) in [6.45, 7) is 0.651. The number of aromatic amines is 1. The summed E-state index contributed by atoms with van der Waals surface area (Å²) >= 11 is 3.46. The summed E-state index contributed by atoms with van der Waals surface area (Å²) in [5.74, 6) is 0.988. The fraction of sp³-hybridized carbons (Fsp3) is 0.250. The molecule has 0 bridgehead atoms. The van der Waals surface area contributed by atoms with Gasteiger partial charge in [0.25, 0.3) is 0 Å². The molecule has 0 saturated carbocycles. The molecule has 0 fully saturated rings. The van der Waals surface area contributed by atoms with Crippen LogP contribution in [0.4, 0.5) is 0 Å². The van der Waals surface area contributed by atoms with Crippen LogP contribution in [-0.2, 0) is 12.8 Å². The van der Waals surface area contributed by atoms with Gasteiger partial charge in [-0.3, -0.25) is 0 Å². The number of halogens is 1. The summed E-state index contributed by atoms with van der Waals surface area (Å²) < 4.78 is 1.10. The molecule has 0 atom stereocenters. The lowest BCUT2D eigenvalue weighted by Gasteiger charge is -1.99. The summed E-state index contributed by atoms with van der Waals surface area (Å²) in [6, 6.07) is 8.25. The molecule has 0 aliphatic carbocycles. The molecule has 2 aromatic rings. The van der Waals surface area contributed by atoms with Crippen molar-refractivity contribution in [2.24, 2.45) is 5.73 Å². The molecule has 1 heterocycles. The molecular formula is C12H14BrN3. The van der Waals surface area contributed by atoms with E-state index >= 15 is 0 Å². The second kappa shape index (κ2) is 5.27. The molecule has 0 saturated heterocycles. The van der Waals surface area contributed by atoms with Crippen molar-refractivity contribution in [2.75, 3.05) is 6.54 Å². The van der Waals surface area contributed by atoms with Crippen molar-refractivity contribution in [3.05, 3.63) is 52.0 Å². The molecule has 2 rings (SSSR count). The molecular weight excluding hydrogens is 266 g/mol. The highest BCUT2D eigenvalue weighted by atomic mass is 79.9. The van der Waals surface area contributed by atoms with Gasteiger partial charge in [-0.25, -0.2) is 4.98 Å². The maximum atomic E-state index is 5.49. The van der Waals surface area contributed by atoms with Gasteiger partial charge in [-0.1, -0.05) is 28.1 Å². The first-order valence-electron chi connectivity index (χ1n) is 5.25. The second-order valence-corrected chi connectivity index (χ2v) is 4.62. The van der Waals surface area contributed by atoms with Crippen molar-refractivity contribution in [2.45, 2.75) is 12.8 Å². The smallest absolute Gasteiger partial charge is 0.110 e. The standard InChI is InChI=1S/C12H14BrN3/c13-10-3-1-2-9(6-10)7-12-15-8-11(16-12)4-5-14/h1-3,6,8H,4-5,7,14H2,(H,15,16). The first kappa shape index (κ1) is 11.4. The van der Waals surface area contributed by atoms with Crippen LogP contribution >= 0.6 is 15.9 Å². The maximum Gasteiger partial charge on any atom is 0.110 e. The van der Waals surface area contributed by atoms with Crippen molar-refractivity contribution in [3.63, 3.8) is 0 Å². The van der Waals surface area contributed by atoms with E-state index in [-0.39, 0.29) is 0 Å². The number of H-pyrrole nitrogens is 1. The fourth-order valence-electron chi connectivity index (χ4n) is 1.62. The van der Waals surface area contributed by atoms with Crippen LogP contribution in [0.1, 0.15) is 17.1 Å². The maximum absolute atomic E-state index is 5.49. The fourth-order valence-corrected chi connectivity index (χ4v) is 2.07. The lowest BCUT2D eigenvalue weighted by atomic mass is 10.1. The Morgan fingerprint density at radius 1 is 1.38 bits per heavy atom. The number of rotatable bonds is 4. The number of nitrogens with two attached hydrogens (primary N) is 1. The Balaban J connectivity index is 2.08. The Bertz CT molecular complexity index is 465. The third-order valence-electron chi connectivity index (χ3n) is 2.36. The summed E-state index contributed by atoms with van der Waals surface area (Å²) in [7, 11) is 0. The normalized spacial score (nSPS) is 10.6. The van der Waals surface area contributed by atoms with Gasteiger partial charge < -0.3 is 10.7 Å². The molecule has 1 aromatic carbocycles. The lowest BCUT2D eigenvalue weighted by Crippen LogP contribution is -2.02. The van der Waals surface area contributed by atoms with E-state index in [0.29, 0.717) is 6.54 Å². The number of nitrogens with zero attached hydrogens (tertiary/aromatic N) is 1. The van der Waals surface area contributed by atoms with Crippen LogP contribution in [0.3, 0.4) is 0 Å². The van der Waals surface area contributed by atoms with Gasteiger partial charge >= 0.3 is 0 Å². The summed E-state index contributed by atoms with van der Waals surface area (Å²) in [6.07, 6.45) is 3.54. The van der Waals surface area contributed by atoms with Gasteiger partial charge in [-0.15, -0.1) is 0 Å². The zero-order valence-corrected chi connectivity index (χ0v) is 10.5. The molecule has 0 radical (unpaired) electrons. The van der Waals surface area contributed by atoms with Crippen LogP contribution in [-0.4, -0.2) is 16.5 Å². The average Bonchev–Trinajstić information content (AvgIpc) is 2.66. The molecule has 0 amide bonds. The topological polar surface area (TPSA) is 54.7 Å². The zero-order chi connectivity index (χ0) is 11.4. The minimum absolute atomic E-state index is 0.651. The van der Waals surface area contributed by atoms with E-state index in [9.17, 15) is 0 Å². The van der Waals surface area contributed by atoms with E-state index in [1.54, 1.807) is 0 Å². The number of aromatic nitrogens is 2. The third-order valence-corrected chi connectivity index (χ3v) is 2.85. The van der Waals surface area contributed by atoms with Crippen molar-refractivity contribution >= 4 is 15.9 Å². The second-order valence-electron chi connectivity index (χ2n) is 3.70. The predicted molar refractivity (Wildman–Crippen MR) is 68.3 cm³/mol. The molecule has 84 valence electrons. The van der Waals surface area contributed by atoms with Gasteiger partial charge in [0.15, 0.2) is 0 Å². The van der Waals surface area contributed by atoms with E-state index in [1.807, 2.05) is 18.3 Å². The van der Waals surface area contributed by atoms with Crippen LogP contribution in [0.25, 0.3) is 0 Å². The predicted octanol–water partition coefficient (Wildman–Crippen LogP) is 2.26. The van der Waals surface area contributed by atoms with Gasteiger partial charge in [0.05, 0.1) is 0 Å². The summed E-state index contributed by atoms with van der Waals surface area (Å²) in [5.41, 5.74) is 7.83. The highest BCUT2D eigenvalue weighted by molar-refractivity contribution is 9.10. The van der Waals surface area contributed by atoms with Crippen molar-refractivity contribution in [3.8, 4) is 0 Å². The molecule has 0 aliphatic rings. The average molecular weight is 280 g/mol. The Morgan fingerprint density at radius 3 is 3.00 bits per heavy atom. The molecule has 4 heteroatoms. The summed E-state index contributed by atoms with van der Waals surface area (Å²) in [5, 5.41) is 0. The van der Waals surface area contributed by atoms with Crippen LogP contribution in [0.5, 0.6) is 0 Å². The Kier molecular flexibility index (Phi) is 3.74. The van der Waals surface area contributed by atoms with Crippen LogP contribution < -0.4 is 5.73 Å². The third kappa shape index (κ3) is 2.93. The van der Waals surface area contributed by atoms with Crippen molar-refractivity contribution < 1.29 is 0 Å². The number of imidazole rings is 1. The molecule has 0 spiro atoms. The lowest BCUT2D eigenvalue weighted by molar-refractivity contribution is 0.919. The van der Waals surface area contributed by atoms with E-state index in [4.69, 9.17) is 5.73 Å². The van der Waals surface area contributed by atoms with Crippen molar-refractivity contribution in [1.82, 2.24) is 9.97 Å². The van der Waals surface area contributed by atoms with E-state index in [0.717, 1.165) is 28.8 Å².